The van der Waals surface area contributed by atoms with Crippen LogP contribution in [0.3, 0.4) is 0 Å². The van der Waals surface area contributed by atoms with Gasteiger partial charge in [0.1, 0.15) is 12.1 Å². The van der Waals surface area contributed by atoms with E-state index in [2.05, 4.69) is 4.98 Å². The molecule has 2 aromatic rings. The molecule has 0 bridgehead atoms. The highest BCUT2D eigenvalue weighted by molar-refractivity contribution is 6.00. The lowest BCUT2D eigenvalue weighted by atomic mass is 10.1. The Labute approximate surface area is 155 Å². The second kappa shape index (κ2) is 6.07. The van der Waals surface area contributed by atoms with E-state index in [1.54, 1.807) is 27.7 Å². The van der Waals surface area contributed by atoms with E-state index in [0.717, 1.165) is 20.3 Å². The average molecular weight is 373 g/mol. The van der Waals surface area contributed by atoms with Crippen molar-refractivity contribution >= 4 is 11.9 Å². The molecule has 0 N–H and O–H groups in total. The largest absolute Gasteiger partial charge is 0.497 e. The van der Waals surface area contributed by atoms with Gasteiger partial charge in [0.15, 0.2) is 5.69 Å². The van der Waals surface area contributed by atoms with E-state index in [-0.39, 0.29) is 17.6 Å². The van der Waals surface area contributed by atoms with Crippen molar-refractivity contribution in [2.75, 3.05) is 13.7 Å². The minimum atomic E-state index is -2.12. The number of amides is 1. The number of aromatic nitrogens is 2. The smallest absolute Gasteiger partial charge is 0.361 e. The summed E-state index contributed by atoms with van der Waals surface area (Å²) in [5.41, 5.74) is 1.67. The molecule has 7 nitrogen and oxygen atoms in total. The highest BCUT2D eigenvalue weighted by Gasteiger charge is 2.41. The number of hydrogen-bond donors (Lipinski definition) is 0. The highest BCUT2D eigenvalue weighted by atomic mass is 19.2. The Morgan fingerprint density at radius 2 is 2.15 bits per heavy atom. The lowest BCUT2D eigenvalue weighted by Gasteiger charge is -2.23. The van der Waals surface area contributed by atoms with Crippen LogP contribution in [0.4, 0.5) is 4.39 Å². The van der Waals surface area contributed by atoms with Crippen LogP contribution in [0.2, 0.25) is 0 Å². The SMILES string of the molecule is COc1ccc2c(c1)C(=O)N1CCC[C@H]1c1c(C(=O)OC(C)(C)F)ncn1-2. The van der Waals surface area contributed by atoms with E-state index >= 15 is 0 Å². The molecule has 2 aliphatic rings. The molecular formula is C19H20FN3O4. The van der Waals surface area contributed by atoms with E-state index in [4.69, 9.17) is 9.47 Å². The van der Waals surface area contributed by atoms with Gasteiger partial charge in [-0.1, -0.05) is 0 Å². The minimum Gasteiger partial charge on any atom is -0.497 e. The van der Waals surface area contributed by atoms with E-state index in [9.17, 15) is 14.0 Å². The van der Waals surface area contributed by atoms with Crippen LogP contribution in [-0.2, 0) is 4.74 Å². The Kier molecular flexibility index (Phi) is 3.94. The fourth-order valence-corrected chi connectivity index (χ4v) is 3.77. The van der Waals surface area contributed by atoms with Gasteiger partial charge in [0.2, 0.25) is 5.85 Å². The molecule has 1 atom stereocenters. The summed E-state index contributed by atoms with van der Waals surface area (Å²) in [5, 5.41) is 0. The van der Waals surface area contributed by atoms with Gasteiger partial charge in [-0.3, -0.25) is 9.36 Å². The van der Waals surface area contributed by atoms with Crippen molar-refractivity contribution < 1.29 is 23.5 Å². The van der Waals surface area contributed by atoms with Gasteiger partial charge in [-0.05, 0) is 31.0 Å². The summed E-state index contributed by atoms with van der Waals surface area (Å²) in [5.74, 6) is -2.51. The van der Waals surface area contributed by atoms with Crippen LogP contribution in [0, 0.1) is 0 Å². The van der Waals surface area contributed by atoms with Crippen molar-refractivity contribution in [3.63, 3.8) is 0 Å². The predicted molar refractivity (Wildman–Crippen MR) is 93.7 cm³/mol. The molecule has 8 heteroatoms. The zero-order valence-electron chi connectivity index (χ0n) is 15.4. The van der Waals surface area contributed by atoms with Crippen molar-refractivity contribution in [1.82, 2.24) is 14.5 Å². The molecule has 0 spiro atoms. The highest BCUT2D eigenvalue weighted by Crippen LogP contribution is 2.40. The van der Waals surface area contributed by atoms with E-state index in [1.165, 1.54) is 13.4 Å². The molecule has 27 heavy (non-hydrogen) atoms. The first kappa shape index (κ1) is 17.5. The third-order valence-electron chi connectivity index (χ3n) is 4.86. The molecule has 1 aromatic heterocycles. The number of carbonyl (C=O) groups is 2. The fourth-order valence-electron chi connectivity index (χ4n) is 3.77. The molecular weight excluding hydrogens is 353 g/mol. The third kappa shape index (κ3) is 2.85. The zero-order chi connectivity index (χ0) is 19.3. The number of esters is 1. The van der Waals surface area contributed by atoms with Gasteiger partial charge < -0.3 is 14.4 Å². The van der Waals surface area contributed by atoms with Crippen molar-refractivity contribution in [2.45, 2.75) is 38.6 Å². The number of nitrogens with zero attached hydrogens (tertiary/aromatic N) is 3. The number of hydrogen-bond acceptors (Lipinski definition) is 5. The quantitative estimate of drug-likeness (QED) is 0.773. The second-order valence-electron chi connectivity index (χ2n) is 7.14. The first-order valence-corrected chi connectivity index (χ1v) is 8.79. The number of ether oxygens (including phenoxy) is 2. The first-order chi connectivity index (χ1) is 12.8. The van der Waals surface area contributed by atoms with Crippen molar-refractivity contribution in [2.24, 2.45) is 0 Å². The maximum Gasteiger partial charge on any atom is 0.361 e. The number of imidazole rings is 1. The summed E-state index contributed by atoms with van der Waals surface area (Å²) in [6.07, 6.45) is 2.99. The molecule has 4 rings (SSSR count). The van der Waals surface area contributed by atoms with Gasteiger partial charge >= 0.3 is 5.97 Å². The van der Waals surface area contributed by atoms with Crippen molar-refractivity contribution in [1.29, 1.82) is 0 Å². The summed E-state index contributed by atoms with van der Waals surface area (Å²) >= 11 is 0. The molecule has 0 aliphatic carbocycles. The predicted octanol–water partition coefficient (Wildman–Crippen LogP) is 3.03. The Hall–Kier alpha value is -2.90. The van der Waals surface area contributed by atoms with Gasteiger partial charge in [0, 0.05) is 20.4 Å². The molecule has 0 saturated carbocycles. The number of alkyl halides is 1. The van der Waals surface area contributed by atoms with Gasteiger partial charge in [-0.2, -0.15) is 4.39 Å². The van der Waals surface area contributed by atoms with Gasteiger partial charge in [-0.25, -0.2) is 9.78 Å². The number of carbonyl (C=O) groups excluding carboxylic acids is 2. The normalized spacial score (nSPS) is 18.4. The van der Waals surface area contributed by atoms with Gasteiger partial charge in [-0.15, -0.1) is 0 Å². The summed E-state index contributed by atoms with van der Waals surface area (Å²) < 4.78 is 25.7. The van der Waals surface area contributed by atoms with Gasteiger partial charge in [0.25, 0.3) is 5.91 Å². The Balaban J connectivity index is 1.90. The van der Waals surface area contributed by atoms with Crippen LogP contribution in [0.1, 0.15) is 59.3 Å². The molecule has 0 radical (unpaired) electrons. The van der Waals surface area contributed by atoms with Crippen LogP contribution in [-0.4, -0.2) is 45.8 Å². The second-order valence-corrected chi connectivity index (χ2v) is 7.14. The minimum absolute atomic E-state index is 0.0362. The molecule has 3 heterocycles. The molecule has 0 unspecified atom stereocenters. The third-order valence-corrected chi connectivity index (χ3v) is 4.86. The topological polar surface area (TPSA) is 73.7 Å². The lowest BCUT2D eigenvalue weighted by Crippen LogP contribution is -2.31. The monoisotopic (exact) mass is 373 g/mol. The van der Waals surface area contributed by atoms with Crippen molar-refractivity contribution in [3.8, 4) is 11.4 Å². The molecule has 2 aliphatic heterocycles. The maximum absolute atomic E-state index is 13.8. The molecule has 1 saturated heterocycles. The Morgan fingerprint density at radius 1 is 1.37 bits per heavy atom. The maximum atomic E-state index is 13.8. The van der Waals surface area contributed by atoms with E-state index in [1.807, 2.05) is 0 Å². The van der Waals surface area contributed by atoms with Crippen LogP contribution >= 0.6 is 0 Å². The van der Waals surface area contributed by atoms with Crippen LogP contribution in [0.15, 0.2) is 24.5 Å². The number of fused-ring (bicyclic) bond motifs is 5. The summed E-state index contributed by atoms with van der Waals surface area (Å²) in [6, 6.07) is 4.87. The van der Waals surface area contributed by atoms with Crippen molar-refractivity contribution in [3.05, 3.63) is 41.5 Å². The Bertz CT molecular complexity index is 932. The van der Waals surface area contributed by atoms with E-state index < -0.39 is 11.8 Å². The number of halogens is 1. The molecule has 1 amide bonds. The Morgan fingerprint density at radius 3 is 2.85 bits per heavy atom. The van der Waals surface area contributed by atoms with Crippen LogP contribution < -0.4 is 4.74 Å². The van der Waals surface area contributed by atoms with Gasteiger partial charge in [0.05, 0.1) is 30.1 Å². The number of benzene rings is 1. The van der Waals surface area contributed by atoms with Crippen LogP contribution in [0.5, 0.6) is 5.75 Å². The number of rotatable bonds is 3. The number of methoxy groups -OCH3 is 1. The molecule has 1 aromatic carbocycles. The van der Waals surface area contributed by atoms with E-state index in [0.29, 0.717) is 35.7 Å². The van der Waals surface area contributed by atoms with Crippen LogP contribution in [0.25, 0.3) is 5.69 Å². The molecule has 1 fully saturated rings. The fraction of sp³-hybridized carbons (Fsp3) is 0.421. The summed E-state index contributed by atoms with van der Waals surface area (Å²) in [7, 11) is 1.54. The first-order valence-electron chi connectivity index (χ1n) is 8.79. The summed E-state index contributed by atoms with van der Waals surface area (Å²) in [4.78, 5) is 31.6. The standard InChI is InChI=1S/C19H20FN3O4/c1-19(2,20)27-18(25)15-16-14-5-4-8-22(14)17(24)12-9-11(26-3)6-7-13(12)23(16)10-21-15/h6-7,9-10,14H,4-5,8H2,1-3H3/t14-/m0/s1. The zero-order valence-corrected chi connectivity index (χ0v) is 15.4. The average Bonchev–Trinajstić information content (AvgIpc) is 3.23. The summed E-state index contributed by atoms with van der Waals surface area (Å²) in [6.45, 7) is 2.90. The lowest BCUT2D eigenvalue weighted by molar-refractivity contribution is -0.0763. The molecule has 142 valence electrons.